The van der Waals surface area contributed by atoms with Gasteiger partial charge in [-0.25, -0.2) is 13.1 Å². The van der Waals surface area contributed by atoms with Crippen LogP contribution in [0.15, 0.2) is 29.2 Å². The topological polar surface area (TPSA) is 64.6 Å². The van der Waals surface area contributed by atoms with Gasteiger partial charge < -0.3 is 9.47 Å². The van der Waals surface area contributed by atoms with Crippen LogP contribution in [-0.2, 0) is 19.5 Å². The molecule has 0 bridgehead atoms. The monoisotopic (exact) mass is 279 g/mol. The number of hydrogen-bond acceptors (Lipinski definition) is 4. The molecule has 1 aromatic carbocycles. The average Bonchev–Trinajstić information content (AvgIpc) is 2.30. The number of hydrogen-bond donors (Lipinski definition) is 1. The Balaban J connectivity index is 2.80. The van der Waals surface area contributed by atoms with E-state index in [1.54, 1.807) is 12.1 Å². The fraction of sp³-hybridized carbons (Fsp3) is 0.400. The second-order valence-corrected chi connectivity index (χ2v) is 5.33. The van der Waals surface area contributed by atoms with E-state index >= 15 is 0 Å². The van der Waals surface area contributed by atoms with Crippen LogP contribution in [-0.4, -0.2) is 35.5 Å². The molecule has 0 aromatic heterocycles. The molecule has 0 fully saturated rings. The van der Waals surface area contributed by atoms with Gasteiger partial charge in [0.1, 0.15) is 4.90 Å². The minimum atomic E-state index is -3.65. The summed E-state index contributed by atoms with van der Waals surface area (Å²) in [5.41, 5.74) is 0. The average molecular weight is 280 g/mol. The van der Waals surface area contributed by atoms with Crippen molar-refractivity contribution in [1.82, 2.24) is 4.72 Å². The standard InChI is InChI=1S/C10H14ClNO4S/c1-15-10(16-2)7-12-17(13,14)9-6-4-3-5-8(9)11/h3-6,10,12H,7H2,1-2H3. The summed E-state index contributed by atoms with van der Waals surface area (Å²) in [4.78, 5) is 0.0348. The number of methoxy groups -OCH3 is 2. The van der Waals surface area contributed by atoms with Gasteiger partial charge in [-0.3, -0.25) is 0 Å². The van der Waals surface area contributed by atoms with Crippen LogP contribution in [0.2, 0.25) is 5.02 Å². The first-order valence-electron chi connectivity index (χ1n) is 4.81. The van der Waals surface area contributed by atoms with E-state index in [0.717, 1.165) is 0 Å². The van der Waals surface area contributed by atoms with Gasteiger partial charge in [0.2, 0.25) is 10.0 Å². The lowest BCUT2D eigenvalue weighted by atomic mass is 10.4. The first-order chi connectivity index (χ1) is 8.01. The first kappa shape index (κ1) is 14.4. The molecule has 0 atom stereocenters. The van der Waals surface area contributed by atoms with Crippen LogP contribution >= 0.6 is 11.6 Å². The molecular formula is C10H14ClNO4S. The zero-order chi connectivity index (χ0) is 12.9. The summed E-state index contributed by atoms with van der Waals surface area (Å²) in [5.74, 6) is 0. The Hall–Kier alpha value is -0.660. The first-order valence-corrected chi connectivity index (χ1v) is 6.67. The summed E-state index contributed by atoms with van der Waals surface area (Å²) >= 11 is 5.81. The summed E-state index contributed by atoms with van der Waals surface area (Å²) in [6.07, 6.45) is -0.632. The third kappa shape index (κ3) is 3.93. The zero-order valence-corrected chi connectivity index (χ0v) is 11.1. The molecule has 17 heavy (non-hydrogen) atoms. The van der Waals surface area contributed by atoms with Crippen LogP contribution in [0.5, 0.6) is 0 Å². The summed E-state index contributed by atoms with van der Waals surface area (Å²) in [7, 11) is -0.791. The van der Waals surface area contributed by atoms with Crippen molar-refractivity contribution in [3.8, 4) is 0 Å². The fourth-order valence-electron chi connectivity index (χ4n) is 1.18. The molecule has 96 valence electrons. The van der Waals surface area contributed by atoms with E-state index in [1.807, 2.05) is 0 Å². The molecule has 1 rings (SSSR count). The summed E-state index contributed by atoms with van der Waals surface area (Å²) in [5, 5.41) is 0.173. The van der Waals surface area contributed by atoms with Crippen LogP contribution in [0, 0.1) is 0 Å². The van der Waals surface area contributed by atoms with Gasteiger partial charge in [-0.2, -0.15) is 0 Å². The van der Waals surface area contributed by atoms with E-state index in [1.165, 1.54) is 26.4 Å². The molecule has 1 aromatic rings. The molecule has 0 aliphatic heterocycles. The van der Waals surface area contributed by atoms with Crippen LogP contribution in [0.4, 0.5) is 0 Å². The predicted octanol–water partition coefficient (Wildman–Crippen LogP) is 1.24. The van der Waals surface area contributed by atoms with E-state index in [9.17, 15) is 8.42 Å². The van der Waals surface area contributed by atoms with Gasteiger partial charge >= 0.3 is 0 Å². The Kier molecular flexibility index (Phi) is 5.35. The summed E-state index contributed by atoms with van der Waals surface area (Å²) in [6.45, 7) is 0.0144. The van der Waals surface area contributed by atoms with Crippen LogP contribution in [0.25, 0.3) is 0 Å². The van der Waals surface area contributed by atoms with Crippen LogP contribution in [0.1, 0.15) is 0 Å². The van der Waals surface area contributed by atoms with Gasteiger partial charge in [-0.1, -0.05) is 23.7 Å². The fourth-order valence-corrected chi connectivity index (χ4v) is 2.71. The van der Waals surface area contributed by atoms with Gasteiger partial charge in [0.25, 0.3) is 0 Å². The lowest BCUT2D eigenvalue weighted by Gasteiger charge is -2.14. The number of halogens is 1. The maximum Gasteiger partial charge on any atom is 0.242 e. The lowest BCUT2D eigenvalue weighted by molar-refractivity contribution is -0.0960. The molecule has 7 heteroatoms. The van der Waals surface area contributed by atoms with Gasteiger partial charge in [0.15, 0.2) is 6.29 Å². The maximum absolute atomic E-state index is 11.9. The van der Waals surface area contributed by atoms with Crippen molar-refractivity contribution in [2.75, 3.05) is 20.8 Å². The smallest absolute Gasteiger partial charge is 0.242 e. The van der Waals surface area contributed by atoms with Crippen molar-refractivity contribution in [2.24, 2.45) is 0 Å². The highest BCUT2D eigenvalue weighted by Crippen LogP contribution is 2.19. The molecule has 0 spiro atoms. The minimum Gasteiger partial charge on any atom is -0.355 e. The molecule has 0 amide bonds. The van der Waals surface area contributed by atoms with E-state index in [4.69, 9.17) is 21.1 Å². The number of rotatable bonds is 6. The third-order valence-electron chi connectivity index (χ3n) is 2.09. The SMILES string of the molecule is COC(CNS(=O)(=O)c1ccccc1Cl)OC. The molecular weight excluding hydrogens is 266 g/mol. The molecule has 5 nitrogen and oxygen atoms in total. The van der Waals surface area contributed by atoms with E-state index < -0.39 is 16.3 Å². The van der Waals surface area contributed by atoms with Crippen molar-refractivity contribution in [3.63, 3.8) is 0 Å². The van der Waals surface area contributed by atoms with Crippen LogP contribution in [0.3, 0.4) is 0 Å². The number of nitrogens with one attached hydrogen (secondary N) is 1. The van der Waals surface area contributed by atoms with E-state index in [2.05, 4.69) is 4.72 Å². The summed E-state index contributed by atoms with van der Waals surface area (Å²) in [6, 6.07) is 6.21. The Labute approximate surface area is 106 Å². The molecule has 0 aliphatic rings. The van der Waals surface area contributed by atoms with Gasteiger partial charge in [-0.05, 0) is 12.1 Å². The lowest BCUT2D eigenvalue weighted by Crippen LogP contribution is -2.34. The quantitative estimate of drug-likeness (QED) is 0.796. The van der Waals surface area contributed by atoms with E-state index in [-0.39, 0.29) is 16.5 Å². The van der Waals surface area contributed by atoms with Crippen molar-refractivity contribution in [3.05, 3.63) is 29.3 Å². The highest BCUT2D eigenvalue weighted by molar-refractivity contribution is 7.89. The normalized spacial score (nSPS) is 12.0. The Morgan fingerprint density at radius 2 is 1.88 bits per heavy atom. The Morgan fingerprint density at radius 1 is 1.29 bits per heavy atom. The van der Waals surface area contributed by atoms with Gasteiger partial charge in [0.05, 0.1) is 11.6 Å². The second-order valence-electron chi connectivity index (χ2n) is 3.18. The number of sulfonamides is 1. The molecule has 0 radical (unpaired) electrons. The highest BCUT2D eigenvalue weighted by atomic mass is 35.5. The third-order valence-corrected chi connectivity index (χ3v) is 4.02. The molecule has 0 heterocycles. The van der Waals surface area contributed by atoms with E-state index in [0.29, 0.717) is 0 Å². The largest absolute Gasteiger partial charge is 0.355 e. The number of ether oxygens (including phenoxy) is 2. The second kappa shape index (κ2) is 6.32. The van der Waals surface area contributed by atoms with Gasteiger partial charge in [0, 0.05) is 14.2 Å². The minimum absolute atomic E-state index is 0.0144. The van der Waals surface area contributed by atoms with Crippen molar-refractivity contribution in [1.29, 1.82) is 0 Å². The number of benzene rings is 1. The predicted molar refractivity (Wildman–Crippen MR) is 64.4 cm³/mol. The van der Waals surface area contributed by atoms with Crippen LogP contribution < -0.4 is 4.72 Å². The van der Waals surface area contributed by atoms with Crippen molar-refractivity contribution < 1.29 is 17.9 Å². The maximum atomic E-state index is 11.9. The highest BCUT2D eigenvalue weighted by Gasteiger charge is 2.18. The molecule has 0 saturated heterocycles. The Bertz CT molecular complexity index is 459. The van der Waals surface area contributed by atoms with Crippen molar-refractivity contribution in [2.45, 2.75) is 11.2 Å². The molecule has 0 aliphatic carbocycles. The van der Waals surface area contributed by atoms with Crippen molar-refractivity contribution >= 4 is 21.6 Å². The molecule has 1 N–H and O–H groups in total. The molecule has 0 unspecified atom stereocenters. The zero-order valence-electron chi connectivity index (χ0n) is 9.51. The Morgan fingerprint density at radius 3 is 2.41 bits per heavy atom. The summed E-state index contributed by atoms with van der Waals surface area (Å²) < 4.78 is 35.9. The molecule has 0 saturated carbocycles. The van der Waals surface area contributed by atoms with Gasteiger partial charge in [-0.15, -0.1) is 0 Å².